The maximum atomic E-state index is 5.82. The number of likely N-dealkylation sites (N-methyl/N-ethyl adjacent to an activating group) is 1. The molecule has 1 unspecified atom stereocenters. The lowest BCUT2D eigenvalue weighted by atomic mass is 10.2. The number of hydrogen-bond donors (Lipinski definition) is 2. The van der Waals surface area contributed by atoms with Crippen LogP contribution in [0.3, 0.4) is 0 Å². The first-order valence-electron chi connectivity index (χ1n) is 5.82. The summed E-state index contributed by atoms with van der Waals surface area (Å²) in [4.78, 5) is 6.50. The van der Waals surface area contributed by atoms with Gasteiger partial charge in [-0.3, -0.25) is 4.99 Å². The van der Waals surface area contributed by atoms with Gasteiger partial charge in [0, 0.05) is 12.1 Å². The predicted molar refractivity (Wildman–Crippen MR) is 65.0 cm³/mol. The lowest BCUT2D eigenvalue weighted by molar-refractivity contribution is 0.320. The van der Waals surface area contributed by atoms with Crippen LogP contribution >= 0.6 is 0 Å². The van der Waals surface area contributed by atoms with Crippen LogP contribution in [-0.2, 0) is 0 Å². The standard InChI is InChI=1S/C11H24N4/c1-9(15(2)3)8-13-11(12)14-10-6-4-5-7-10/h9-10H,4-8H2,1-3H3,(H3,12,13,14). The van der Waals surface area contributed by atoms with Gasteiger partial charge in [0.2, 0.25) is 0 Å². The number of guanidine groups is 1. The lowest BCUT2D eigenvalue weighted by Gasteiger charge is -2.18. The van der Waals surface area contributed by atoms with E-state index in [2.05, 4.69) is 36.2 Å². The molecule has 0 aromatic carbocycles. The molecule has 1 aliphatic rings. The Labute approximate surface area is 92.9 Å². The fraction of sp³-hybridized carbons (Fsp3) is 0.909. The van der Waals surface area contributed by atoms with Crippen LogP contribution in [0.25, 0.3) is 0 Å². The molecule has 1 saturated carbocycles. The van der Waals surface area contributed by atoms with Gasteiger partial charge in [0.05, 0.1) is 6.54 Å². The van der Waals surface area contributed by atoms with Gasteiger partial charge in [-0.05, 0) is 33.9 Å². The number of hydrogen-bond acceptors (Lipinski definition) is 2. The number of nitrogens with zero attached hydrogens (tertiary/aromatic N) is 2. The van der Waals surface area contributed by atoms with E-state index in [4.69, 9.17) is 5.73 Å². The Morgan fingerprint density at radius 1 is 1.47 bits per heavy atom. The van der Waals surface area contributed by atoms with Gasteiger partial charge in [-0.25, -0.2) is 0 Å². The minimum absolute atomic E-state index is 0.439. The normalized spacial score (nSPS) is 20.9. The fourth-order valence-corrected chi connectivity index (χ4v) is 1.72. The Kier molecular flexibility index (Phi) is 4.88. The Bertz CT molecular complexity index is 207. The van der Waals surface area contributed by atoms with Gasteiger partial charge in [-0.1, -0.05) is 12.8 Å². The highest BCUT2D eigenvalue weighted by atomic mass is 15.1. The highest BCUT2D eigenvalue weighted by molar-refractivity contribution is 5.78. The van der Waals surface area contributed by atoms with Crippen molar-refractivity contribution in [1.82, 2.24) is 10.2 Å². The molecule has 4 heteroatoms. The van der Waals surface area contributed by atoms with Crippen LogP contribution in [-0.4, -0.2) is 43.6 Å². The van der Waals surface area contributed by atoms with E-state index in [0.717, 1.165) is 6.54 Å². The lowest BCUT2D eigenvalue weighted by Crippen LogP contribution is -2.39. The zero-order valence-electron chi connectivity index (χ0n) is 10.2. The minimum atomic E-state index is 0.439. The number of nitrogens with two attached hydrogens (primary N) is 1. The molecule has 15 heavy (non-hydrogen) atoms. The molecule has 4 nitrogen and oxygen atoms in total. The van der Waals surface area contributed by atoms with Crippen LogP contribution in [0.15, 0.2) is 4.99 Å². The minimum Gasteiger partial charge on any atom is -0.370 e. The second-order valence-corrected chi connectivity index (χ2v) is 4.66. The van der Waals surface area contributed by atoms with E-state index in [0.29, 0.717) is 18.0 Å². The van der Waals surface area contributed by atoms with E-state index in [-0.39, 0.29) is 0 Å². The summed E-state index contributed by atoms with van der Waals surface area (Å²) >= 11 is 0. The molecule has 0 radical (unpaired) electrons. The van der Waals surface area contributed by atoms with Crippen molar-refractivity contribution in [2.75, 3.05) is 20.6 Å². The van der Waals surface area contributed by atoms with E-state index < -0.39 is 0 Å². The molecule has 3 N–H and O–H groups in total. The van der Waals surface area contributed by atoms with E-state index in [1.165, 1.54) is 25.7 Å². The Morgan fingerprint density at radius 3 is 2.60 bits per heavy atom. The summed E-state index contributed by atoms with van der Waals surface area (Å²) in [6, 6.07) is 0.998. The molecule has 0 spiro atoms. The molecular formula is C11H24N4. The molecule has 0 amide bonds. The molecule has 0 aromatic rings. The third-order valence-electron chi connectivity index (χ3n) is 3.11. The third-order valence-corrected chi connectivity index (χ3v) is 3.11. The summed E-state index contributed by atoms with van der Waals surface area (Å²) in [5.41, 5.74) is 5.82. The van der Waals surface area contributed by atoms with Crippen LogP contribution < -0.4 is 11.1 Å². The van der Waals surface area contributed by atoms with Gasteiger partial charge in [-0.15, -0.1) is 0 Å². The molecule has 1 atom stereocenters. The Balaban J connectivity index is 2.25. The van der Waals surface area contributed by atoms with Crippen molar-refractivity contribution < 1.29 is 0 Å². The van der Waals surface area contributed by atoms with Crippen LogP contribution in [0.4, 0.5) is 0 Å². The Morgan fingerprint density at radius 2 is 2.07 bits per heavy atom. The van der Waals surface area contributed by atoms with E-state index >= 15 is 0 Å². The highest BCUT2D eigenvalue weighted by Crippen LogP contribution is 2.17. The fourth-order valence-electron chi connectivity index (χ4n) is 1.72. The molecule has 1 aliphatic carbocycles. The summed E-state index contributed by atoms with van der Waals surface area (Å²) < 4.78 is 0. The smallest absolute Gasteiger partial charge is 0.188 e. The van der Waals surface area contributed by atoms with E-state index in [1.807, 2.05) is 0 Å². The zero-order chi connectivity index (χ0) is 11.3. The van der Waals surface area contributed by atoms with Crippen LogP contribution in [0.1, 0.15) is 32.6 Å². The summed E-state index contributed by atoms with van der Waals surface area (Å²) in [5.74, 6) is 0.607. The van der Waals surface area contributed by atoms with Gasteiger partial charge in [0.25, 0.3) is 0 Å². The van der Waals surface area contributed by atoms with Crippen molar-refractivity contribution in [2.24, 2.45) is 10.7 Å². The molecule has 0 saturated heterocycles. The van der Waals surface area contributed by atoms with Crippen molar-refractivity contribution in [3.05, 3.63) is 0 Å². The zero-order valence-corrected chi connectivity index (χ0v) is 10.2. The maximum absolute atomic E-state index is 5.82. The number of nitrogens with one attached hydrogen (secondary N) is 1. The summed E-state index contributed by atoms with van der Waals surface area (Å²) in [7, 11) is 4.11. The monoisotopic (exact) mass is 212 g/mol. The molecule has 0 bridgehead atoms. The molecule has 1 rings (SSSR count). The number of aliphatic imine (C=N–C) groups is 1. The topological polar surface area (TPSA) is 53.6 Å². The molecular weight excluding hydrogens is 188 g/mol. The molecule has 0 aromatic heterocycles. The van der Waals surface area contributed by atoms with E-state index in [1.54, 1.807) is 0 Å². The van der Waals surface area contributed by atoms with Crippen molar-refractivity contribution >= 4 is 5.96 Å². The Hall–Kier alpha value is -0.770. The second-order valence-electron chi connectivity index (χ2n) is 4.66. The van der Waals surface area contributed by atoms with Gasteiger partial charge in [-0.2, -0.15) is 0 Å². The second kappa shape index (κ2) is 5.95. The molecule has 0 aliphatic heterocycles. The largest absolute Gasteiger partial charge is 0.370 e. The summed E-state index contributed by atoms with van der Waals surface area (Å²) in [5, 5.41) is 3.28. The average molecular weight is 212 g/mol. The first-order valence-corrected chi connectivity index (χ1v) is 5.82. The first kappa shape index (κ1) is 12.3. The molecule has 88 valence electrons. The van der Waals surface area contributed by atoms with Gasteiger partial charge >= 0.3 is 0 Å². The first-order chi connectivity index (χ1) is 7.09. The van der Waals surface area contributed by atoms with Crippen molar-refractivity contribution in [3.8, 4) is 0 Å². The summed E-state index contributed by atoms with van der Waals surface area (Å²) in [6.07, 6.45) is 5.11. The van der Waals surface area contributed by atoms with Crippen LogP contribution in [0.2, 0.25) is 0 Å². The maximum Gasteiger partial charge on any atom is 0.188 e. The highest BCUT2D eigenvalue weighted by Gasteiger charge is 2.14. The predicted octanol–water partition coefficient (Wildman–Crippen LogP) is 0.783. The van der Waals surface area contributed by atoms with Gasteiger partial charge < -0.3 is 16.0 Å². The van der Waals surface area contributed by atoms with Crippen LogP contribution in [0.5, 0.6) is 0 Å². The van der Waals surface area contributed by atoms with Crippen LogP contribution in [0, 0.1) is 0 Å². The summed E-state index contributed by atoms with van der Waals surface area (Å²) in [6.45, 7) is 2.91. The van der Waals surface area contributed by atoms with Crippen molar-refractivity contribution in [1.29, 1.82) is 0 Å². The third kappa shape index (κ3) is 4.51. The number of rotatable bonds is 4. The van der Waals surface area contributed by atoms with Gasteiger partial charge in [0.1, 0.15) is 0 Å². The van der Waals surface area contributed by atoms with Crippen molar-refractivity contribution in [3.63, 3.8) is 0 Å². The van der Waals surface area contributed by atoms with Gasteiger partial charge in [0.15, 0.2) is 5.96 Å². The molecule has 1 fully saturated rings. The van der Waals surface area contributed by atoms with Crippen molar-refractivity contribution in [2.45, 2.75) is 44.7 Å². The quantitative estimate of drug-likeness (QED) is 0.535. The van der Waals surface area contributed by atoms with E-state index in [9.17, 15) is 0 Å². The average Bonchev–Trinajstić information content (AvgIpc) is 2.66. The molecule has 0 heterocycles. The SMILES string of the molecule is CC(CN=C(N)NC1CCCC1)N(C)C.